The van der Waals surface area contributed by atoms with Crippen molar-refractivity contribution in [3.05, 3.63) is 23.3 Å². The first kappa shape index (κ1) is 14.7. The Hall–Kier alpha value is -1.75. The summed E-state index contributed by atoms with van der Waals surface area (Å²) >= 11 is 1.23. The normalized spacial score (nSPS) is 10.9. The van der Waals surface area contributed by atoms with Crippen LogP contribution in [0.25, 0.3) is 10.1 Å². The van der Waals surface area contributed by atoms with Gasteiger partial charge in [-0.1, -0.05) is 25.5 Å². The molecule has 108 valence electrons. The Bertz CT molecular complexity index is 634. The number of phenolic OH excluding ortho intramolecular Hbond substituents is 1. The van der Waals surface area contributed by atoms with E-state index in [4.69, 9.17) is 10.5 Å². The number of phenols is 1. The molecule has 1 aromatic heterocycles. The number of ether oxygens (including phenoxy) is 1. The van der Waals surface area contributed by atoms with Crippen molar-refractivity contribution in [3.8, 4) is 5.75 Å². The molecule has 0 bridgehead atoms. The number of unbranched alkanes of at least 4 members (excludes halogenated alkanes) is 1. The first-order valence-electron chi connectivity index (χ1n) is 6.80. The molecule has 4 nitrogen and oxygen atoms in total. The van der Waals surface area contributed by atoms with E-state index in [-0.39, 0.29) is 5.75 Å². The highest BCUT2D eigenvalue weighted by Gasteiger charge is 2.21. The molecule has 0 amide bonds. The van der Waals surface area contributed by atoms with E-state index < -0.39 is 5.97 Å². The Labute approximate surface area is 122 Å². The molecule has 3 N–H and O–H groups in total. The van der Waals surface area contributed by atoms with Gasteiger partial charge in [0.05, 0.1) is 11.3 Å². The van der Waals surface area contributed by atoms with Crippen LogP contribution in [0.5, 0.6) is 5.75 Å². The quantitative estimate of drug-likeness (QED) is 0.824. The summed E-state index contributed by atoms with van der Waals surface area (Å²) in [7, 11) is 0. The maximum Gasteiger partial charge on any atom is 0.341 e. The maximum atomic E-state index is 11.9. The number of hydrogen-bond acceptors (Lipinski definition) is 5. The van der Waals surface area contributed by atoms with Crippen molar-refractivity contribution in [2.75, 3.05) is 12.3 Å². The zero-order valence-corrected chi connectivity index (χ0v) is 12.5. The average molecular weight is 293 g/mol. The molecule has 5 heteroatoms. The van der Waals surface area contributed by atoms with Crippen LogP contribution in [0.4, 0.5) is 5.00 Å². The van der Waals surface area contributed by atoms with E-state index in [2.05, 4.69) is 6.92 Å². The van der Waals surface area contributed by atoms with Gasteiger partial charge in [0, 0.05) is 5.39 Å². The SMILES string of the molecule is CCCCc1ccc2c(C(=O)OCC)c(N)sc2c1O. The number of carbonyl (C=O) groups is 1. The molecule has 0 atom stereocenters. The third-order valence-electron chi connectivity index (χ3n) is 3.22. The van der Waals surface area contributed by atoms with Crippen molar-refractivity contribution in [1.82, 2.24) is 0 Å². The zero-order valence-electron chi connectivity index (χ0n) is 11.7. The number of esters is 1. The van der Waals surface area contributed by atoms with Crippen molar-refractivity contribution < 1.29 is 14.6 Å². The molecule has 0 aliphatic heterocycles. The number of nitrogens with two attached hydrogens (primary N) is 1. The summed E-state index contributed by atoms with van der Waals surface area (Å²) in [6.45, 7) is 4.16. The number of aromatic hydroxyl groups is 1. The Kier molecular flexibility index (Phi) is 4.49. The monoisotopic (exact) mass is 293 g/mol. The van der Waals surface area contributed by atoms with Crippen LogP contribution in [0, 0.1) is 0 Å². The molecule has 1 aromatic carbocycles. The van der Waals surface area contributed by atoms with Crippen LogP contribution < -0.4 is 5.73 Å². The lowest BCUT2D eigenvalue weighted by atomic mass is 10.0. The fraction of sp³-hybridized carbons (Fsp3) is 0.400. The second kappa shape index (κ2) is 6.13. The molecule has 0 aliphatic rings. The molecule has 0 spiro atoms. The van der Waals surface area contributed by atoms with Crippen LogP contribution in [0.2, 0.25) is 0 Å². The summed E-state index contributed by atoms with van der Waals surface area (Å²) < 4.78 is 5.68. The van der Waals surface area contributed by atoms with Gasteiger partial charge in [-0.05, 0) is 25.3 Å². The van der Waals surface area contributed by atoms with Crippen molar-refractivity contribution in [2.45, 2.75) is 33.1 Å². The van der Waals surface area contributed by atoms with Crippen LogP contribution in [0.15, 0.2) is 12.1 Å². The van der Waals surface area contributed by atoms with Crippen molar-refractivity contribution in [3.63, 3.8) is 0 Å². The average Bonchev–Trinajstić information content (AvgIpc) is 2.75. The molecule has 0 fully saturated rings. The van der Waals surface area contributed by atoms with Crippen LogP contribution in [0.3, 0.4) is 0 Å². The predicted molar refractivity (Wildman–Crippen MR) is 82.5 cm³/mol. The van der Waals surface area contributed by atoms with Gasteiger partial charge in [0.15, 0.2) is 0 Å². The summed E-state index contributed by atoms with van der Waals surface area (Å²) in [5, 5.41) is 11.4. The zero-order chi connectivity index (χ0) is 14.7. The van der Waals surface area contributed by atoms with Crippen LogP contribution in [-0.4, -0.2) is 17.7 Å². The number of aryl methyl sites for hydroxylation is 1. The number of anilines is 1. The standard InChI is InChI=1S/C15H19NO3S/c1-3-5-6-9-7-8-10-11(15(18)19-4-2)14(16)20-13(10)12(9)17/h7-8,17H,3-6,16H2,1-2H3. The summed E-state index contributed by atoms with van der Waals surface area (Å²) in [4.78, 5) is 11.9. The summed E-state index contributed by atoms with van der Waals surface area (Å²) in [6, 6.07) is 3.71. The van der Waals surface area contributed by atoms with E-state index in [1.54, 1.807) is 6.92 Å². The highest BCUT2D eigenvalue weighted by Crippen LogP contribution is 2.41. The molecule has 0 aliphatic carbocycles. The highest BCUT2D eigenvalue weighted by atomic mass is 32.1. The minimum atomic E-state index is -0.433. The van der Waals surface area contributed by atoms with Gasteiger partial charge >= 0.3 is 5.97 Å². The third-order valence-corrected chi connectivity index (χ3v) is 4.26. The van der Waals surface area contributed by atoms with Crippen LogP contribution in [0.1, 0.15) is 42.6 Å². The van der Waals surface area contributed by atoms with Crippen LogP contribution >= 0.6 is 11.3 Å². The molecule has 0 saturated heterocycles. The minimum absolute atomic E-state index is 0.239. The topological polar surface area (TPSA) is 72.5 Å². The fourth-order valence-corrected chi connectivity index (χ4v) is 3.21. The van der Waals surface area contributed by atoms with Crippen LogP contribution in [-0.2, 0) is 11.2 Å². The molecule has 20 heavy (non-hydrogen) atoms. The molecule has 0 radical (unpaired) electrons. The second-order valence-corrected chi connectivity index (χ2v) is 5.67. The summed E-state index contributed by atoms with van der Waals surface area (Å²) in [6.07, 6.45) is 2.91. The molecule has 2 rings (SSSR count). The summed E-state index contributed by atoms with van der Waals surface area (Å²) in [5.74, 6) is -0.194. The second-order valence-electron chi connectivity index (χ2n) is 4.62. The highest BCUT2D eigenvalue weighted by molar-refractivity contribution is 7.23. The molecule has 2 aromatic rings. The van der Waals surface area contributed by atoms with E-state index >= 15 is 0 Å². The Morgan fingerprint density at radius 2 is 2.15 bits per heavy atom. The third kappa shape index (κ3) is 2.58. The van der Waals surface area contributed by atoms with Gasteiger partial charge < -0.3 is 15.6 Å². The van der Waals surface area contributed by atoms with E-state index in [0.717, 1.165) is 24.8 Å². The maximum absolute atomic E-state index is 11.9. The predicted octanol–water partition coefficient (Wildman–Crippen LogP) is 3.71. The number of benzene rings is 1. The molecule has 0 saturated carbocycles. The first-order chi connectivity index (χ1) is 9.60. The van der Waals surface area contributed by atoms with E-state index in [1.165, 1.54) is 11.3 Å². The number of rotatable bonds is 5. The minimum Gasteiger partial charge on any atom is -0.506 e. The molecular formula is C15H19NO3S. The van der Waals surface area contributed by atoms with Gasteiger partial charge in [-0.2, -0.15) is 0 Å². The van der Waals surface area contributed by atoms with Gasteiger partial charge in [0.25, 0.3) is 0 Å². The number of fused-ring (bicyclic) bond motifs is 1. The van der Waals surface area contributed by atoms with E-state index in [9.17, 15) is 9.90 Å². The summed E-state index contributed by atoms with van der Waals surface area (Å²) in [5.41, 5.74) is 7.17. The van der Waals surface area contributed by atoms with E-state index in [0.29, 0.717) is 27.3 Å². The van der Waals surface area contributed by atoms with Gasteiger partial charge in [-0.25, -0.2) is 4.79 Å². The van der Waals surface area contributed by atoms with Crippen molar-refractivity contribution >= 4 is 32.4 Å². The molecular weight excluding hydrogens is 274 g/mol. The van der Waals surface area contributed by atoms with Crippen molar-refractivity contribution in [1.29, 1.82) is 0 Å². The lowest BCUT2D eigenvalue weighted by Gasteiger charge is -2.05. The molecule has 0 unspecified atom stereocenters. The Balaban J connectivity index is 2.50. The van der Waals surface area contributed by atoms with Crippen molar-refractivity contribution in [2.24, 2.45) is 0 Å². The van der Waals surface area contributed by atoms with E-state index in [1.807, 2.05) is 12.1 Å². The molecule has 1 heterocycles. The Morgan fingerprint density at radius 1 is 1.40 bits per heavy atom. The smallest absolute Gasteiger partial charge is 0.341 e. The fourth-order valence-electron chi connectivity index (χ4n) is 2.19. The lowest BCUT2D eigenvalue weighted by molar-refractivity contribution is 0.0530. The largest absolute Gasteiger partial charge is 0.506 e. The van der Waals surface area contributed by atoms with Gasteiger partial charge in [-0.15, -0.1) is 11.3 Å². The first-order valence-corrected chi connectivity index (χ1v) is 7.61. The number of hydrogen-bond donors (Lipinski definition) is 2. The number of carbonyl (C=O) groups excluding carboxylic acids is 1. The number of nitrogen functional groups attached to an aromatic ring is 1. The lowest BCUT2D eigenvalue weighted by Crippen LogP contribution is -2.06. The van der Waals surface area contributed by atoms with Gasteiger partial charge in [-0.3, -0.25) is 0 Å². The van der Waals surface area contributed by atoms with Gasteiger partial charge in [0.2, 0.25) is 0 Å². The Morgan fingerprint density at radius 3 is 2.80 bits per heavy atom. The van der Waals surface area contributed by atoms with Gasteiger partial charge in [0.1, 0.15) is 16.3 Å². The number of thiophene rings is 1.